The molecule has 0 amide bonds. The van der Waals surface area contributed by atoms with E-state index in [9.17, 15) is 4.79 Å². The average molecular weight is 405 g/mol. The highest BCUT2D eigenvalue weighted by Crippen LogP contribution is 2.28. The molecule has 0 spiro atoms. The summed E-state index contributed by atoms with van der Waals surface area (Å²) in [5.41, 5.74) is 4.37. The van der Waals surface area contributed by atoms with Crippen LogP contribution < -0.4 is 5.32 Å². The van der Waals surface area contributed by atoms with Gasteiger partial charge in [0.25, 0.3) is 0 Å². The fourth-order valence-electron chi connectivity index (χ4n) is 3.19. The smallest absolute Gasteiger partial charge is 0.419 e. The molecular weight excluding hydrogens is 378 g/mol. The molecule has 30 heavy (non-hydrogen) atoms. The Morgan fingerprint density at radius 2 is 2.03 bits per heavy atom. The highest BCUT2D eigenvalue weighted by Gasteiger charge is 2.24. The molecule has 2 heterocycles. The Kier molecular flexibility index (Phi) is 6.26. The topological polar surface area (TPSA) is 64.9 Å². The maximum Gasteiger partial charge on any atom is 0.419 e. The number of fused-ring (bicyclic) bond motifs is 1. The first-order chi connectivity index (χ1) is 14.3. The highest BCUT2D eigenvalue weighted by atomic mass is 16.6. The van der Waals surface area contributed by atoms with Gasteiger partial charge in [-0.05, 0) is 45.9 Å². The van der Waals surface area contributed by atoms with Crippen LogP contribution in [0.1, 0.15) is 33.4 Å². The maximum absolute atomic E-state index is 12.9. The first-order valence-corrected chi connectivity index (χ1v) is 9.81. The van der Waals surface area contributed by atoms with E-state index in [4.69, 9.17) is 14.5 Å². The van der Waals surface area contributed by atoms with Crippen molar-refractivity contribution in [1.29, 1.82) is 0 Å². The zero-order valence-corrected chi connectivity index (χ0v) is 18.0. The van der Waals surface area contributed by atoms with Crippen LogP contribution in [0.2, 0.25) is 0 Å². The number of para-hydroxylation sites is 1. The van der Waals surface area contributed by atoms with Gasteiger partial charge < -0.3 is 14.8 Å². The van der Waals surface area contributed by atoms with Gasteiger partial charge in [-0.25, -0.2) is 14.4 Å². The van der Waals surface area contributed by atoms with Crippen molar-refractivity contribution in [3.05, 3.63) is 83.7 Å². The second-order valence-electron chi connectivity index (χ2n) is 7.24. The van der Waals surface area contributed by atoms with Gasteiger partial charge in [0.1, 0.15) is 11.5 Å². The van der Waals surface area contributed by atoms with Crippen molar-refractivity contribution < 1.29 is 14.3 Å². The van der Waals surface area contributed by atoms with E-state index in [2.05, 4.69) is 11.9 Å². The first kappa shape index (κ1) is 21.2. The number of nitrogens with one attached hydrogen (secondary N) is 1. The third-order valence-corrected chi connectivity index (χ3v) is 4.43. The molecule has 6 nitrogen and oxygen atoms in total. The van der Waals surface area contributed by atoms with Crippen LogP contribution in [0.15, 0.2) is 83.0 Å². The Bertz CT molecular complexity index is 1110. The summed E-state index contributed by atoms with van der Waals surface area (Å²) in [7, 11) is 1.60. The molecule has 2 aromatic rings. The molecular formula is C24H27N3O3. The molecule has 3 rings (SSSR count). The fourth-order valence-corrected chi connectivity index (χ4v) is 3.19. The van der Waals surface area contributed by atoms with Crippen LogP contribution in [-0.2, 0) is 9.47 Å². The van der Waals surface area contributed by atoms with Gasteiger partial charge in [0, 0.05) is 22.9 Å². The number of carbonyl (C=O) groups excluding carboxylic acids is 1. The minimum atomic E-state index is -0.438. The SMILES string of the molecule is C=C(C)NC(/C=C1\N=C(c2cc3ccccc3n2C(=O)OC(C)C)C=C1OC)=C/C. The van der Waals surface area contributed by atoms with Crippen molar-refractivity contribution in [2.24, 2.45) is 4.99 Å². The van der Waals surface area contributed by atoms with Crippen molar-refractivity contribution in [3.8, 4) is 0 Å². The Balaban J connectivity index is 2.12. The minimum absolute atomic E-state index is 0.233. The van der Waals surface area contributed by atoms with Gasteiger partial charge in [-0.3, -0.25) is 0 Å². The van der Waals surface area contributed by atoms with Crippen LogP contribution in [0, 0.1) is 0 Å². The summed E-state index contributed by atoms with van der Waals surface area (Å²) in [6.45, 7) is 11.3. The molecule has 0 atom stereocenters. The average Bonchev–Trinajstić information content (AvgIpc) is 3.27. The molecule has 0 radical (unpaired) electrons. The number of hydrogen-bond acceptors (Lipinski definition) is 5. The van der Waals surface area contributed by atoms with E-state index < -0.39 is 6.09 Å². The third kappa shape index (κ3) is 4.38. The van der Waals surface area contributed by atoms with Gasteiger partial charge in [-0.1, -0.05) is 30.9 Å². The summed E-state index contributed by atoms with van der Waals surface area (Å²) in [6.07, 6.45) is 4.97. The molecule has 1 aliphatic heterocycles. The van der Waals surface area contributed by atoms with Gasteiger partial charge in [-0.2, -0.15) is 0 Å². The number of benzene rings is 1. The number of aliphatic imine (C=N–C) groups is 1. The number of allylic oxidation sites excluding steroid dienone is 4. The Hall–Kier alpha value is -3.54. The van der Waals surface area contributed by atoms with Crippen LogP contribution in [-0.4, -0.2) is 29.6 Å². The fraction of sp³-hybridized carbons (Fsp3) is 0.250. The van der Waals surface area contributed by atoms with Crippen LogP contribution in [0.25, 0.3) is 10.9 Å². The molecule has 0 saturated carbocycles. The highest BCUT2D eigenvalue weighted by molar-refractivity contribution is 6.15. The predicted molar refractivity (Wildman–Crippen MR) is 120 cm³/mol. The van der Waals surface area contributed by atoms with Crippen molar-refractivity contribution in [3.63, 3.8) is 0 Å². The monoisotopic (exact) mass is 405 g/mol. The molecule has 1 N–H and O–H groups in total. The maximum atomic E-state index is 12.9. The zero-order valence-electron chi connectivity index (χ0n) is 18.0. The van der Waals surface area contributed by atoms with E-state index >= 15 is 0 Å². The number of rotatable bonds is 6. The van der Waals surface area contributed by atoms with Gasteiger partial charge in [-0.15, -0.1) is 0 Å². The molecule has 6 heteroatoms. The number of nitrogens with zero attached hydrogens (tertiary/aromatic N) is 2. The second kappa shape index (κ2) is 8.86. The van der Waals surface area contributed by atoms with Crippen molar-refractivity contribution in [2.75, 3.05) is 7.11 Å². The van der Waals surface area contributed by atoms with Crippen LogP contribution in [0.3, 0.4) is 0 Å². The van der Waals surface area contributed by atoms with E-state index in [-0.39, 0.29) is 6.10 Å². The molecule has 0 unspecified atom stereocenters. The molecule has 1 aliphatic rings. The summed E-state index contributed by atoms with van der Waals surface area (Å²) < 4.78 is 12.6. The van der Waals surface area contributed by atoms with Crippen LogP contribution in [0.5, 0.6) is 0 Å². The summed E-state index contributed by atoms with van der Waals surface area (Å²) in [6, 6.07) is 9.61. The van der Waals surface area contributed by atoms with Crippen LogP contribution >= 0.6 is 0 Å². The quantitative estimate of drug-likeness (QED) is 0.710. The number of aromatic nitrogens is 1. The zero-order chi connectivity index (χ0) is 21.8. The largest absolute Gasteiger partial charge is 0.494 e. The van der Waals surface area contributed by atoms with E-state index in [1.807, 2.05) is 76.3 Å². The molecule has 156 valence electrons. The van der Waals surface area contributed by atoms with Crippen LogP contribution in [0.4, 0.5) is 4.79 Å². The number of carbonyl (C=O) groups is 1. The first-order valence-electron chi connectivity index (χ1n) is 9.81. The lowest BCUT2D eigenvalue weighted by Gasteiger charge is -2.12. The lowest BCUT2D eigenvalue weighted by molar-refractivity contribution is 0.118. The lowest BCUT2D eigenvalue weighted by atomic mass is 10.2. The third-order valence-electron chi connectivity index (χ3n) is 4.43. The van der Waals surface area contributed by atoms with E-state index in [0.717, 1.165) is 22.3 Å². The molecule has 0 saturated heterocycles. The van der Waals surface area contributed by atoms with Gasteiger partial charge in [0.05, 0.1) is 30.1 Å². The standard InChI is InChI=1S/C24H27N3O3/c1-7-18(25-15(2)3)13-20-23(29-6)14-19(26-20)22-12-17-10-8-9-11-21(17)27(22)24(28)30-16(4)5/h7-14,16,25H,2H2,1,3-6H3/b18-7+,20-13-. The molecule has 1 aromatic carbocycles. The van der Waals surface area contributed by atoms with E-state index in [1.54, 1.807) is 11.7 Å². The summed E-state index contributed by atoms with van der Waals surface area (Å²) in [5.74, 6) is 0.613. The summed E-state index contributed by atoms with van der Waals surface area (Å²) >= 11 is 0. The molecule has 0 fully saturated rings. The molecule has 0 bridgehead atoms. The van der Waals surface area contributed by atoms with E-state index in [0.29, 0.717) is 22.9 Å². The van der Waals surface area contributed by atoms with Crippen molar-refractivity contribution in [1.82, 2.24) is 9.88 Å². The molecule has 1 aromatic heterocycles. The van der Waals surface area contributed by atoms with Gasteiger partial charge in [0.15, 0.2) is 0 Å². The number of ether oxygens (including phenoxy) is 2. The number of methoxy groups -OCH3 is 1. The normalized spacial score (nSPS) is 15.4. The molecule has 0 aliphatic carbocycles. The predicted octanol–water partition coefficient (Wildman–Crippen LogP) is 5.28. The van der Waals surface area contributed by atoms with E-state index in [1.165, 1.54) is 0 Å². The van der Waals surface area contributed by atoms with Crippen molar-refractivity contribution in [2.45, 2.75) is 33.8 Å². The minimum Gasteiger partial charge on any atom is -0.494 e. The summed E-state index contributed by atoms with van der Waals surface area (Å²) in [5, 5.41) is 4.12. The van der Waals surface area contributed by atoms with Gasteiger partial charge in [0.2, 0.25) is 0 Å². The van der Waals surface area contributed by atoms with Crippen molar-refractivity contribution >= 4 is 22.7 Å². The Morgan fingerprint density at radius 1 is 1.30 bits per heavy atom. The van der Waals surface area contributed by atoms with Gasteiger partial charge >= 0.3 is 6.09 Å². The Morgan fingerprint density at radius 3 is 2.67 bits per heavy atom. The second-order valence-corrected chi connectivity index (χ2v) is 7.24. The Labute approximate surface area is 176 Å². The summed E-state index contributed by atoms with van der Waals surface area (Å²) in [4.78, 5) is 17.6. The number of hydrogen-bond donors (Lipinski definition) is 1. The lowest BCUT2D eigenvalue weighted by Crippen LogP contribution is -2.21.